The first-order valence-corrected chi connectivity index (χ1v) is 8.88. The Kier molecular flexibility index (Phi) is 3.61. The van der Waals surface area contributed by atoms with Gasteiger partial charge in [0.15, 0.2) is 11.5 Å². The monoisotopic (exact) mass is 360 g/mol. The standard InChI is InChI=1S/C17H13FN2O4S/c18-13-5-2-1-4-12(13)15-8-11(9-19-15)25(21,22)20-14-6-3-7-16-17(14)24-10-23-16/h1-9,19-20H,10H2. The quantitative estimate of drug-likeness (QED) is 0.748. The molecule has 1 aromatic heterocycles. The number of aromatic nitrogens is 1. The number of aromatic amines is 1. The Morgan fingerprint density at radius 1 is 1.08 bits per heavy atom. The van der Waals surface area contributed by atoms with Crippen LogP contribution in [-0.4, -0.2) is 20.2 Å². The summed E-state index contributed by atoms with van der Waals surface area (Å²) >= 11 is 0. The number of benzene rings is 2. The fourth-order valence-electron chi connectivity index (χ4n) is 2.58. The van der Waals surface area contributed by atoms with Gasteiger partial charge in [0.2, 0.25) is 6.79 Å². The predicted molar refractivity (Wildman–Crippen MR) is 89.6 cm³/mol. The topological polar surface area (TPSA) is 80.4 Å². The van der Waals surface area contributed by atoms with E-state index in [4.69, 9.17) is 9.47 Å². The van der Waals surface area contributed by atoms with E-state index in [2.05, 4.69) is 9.71 Å². The van der Waals surface area contributed by atoms with Crippen LogP contribution in [0.2, 0.25) is 0 Å². The molecule has 1 aliphatic rings. The third-order valence-electron chi connectivity index (χ3n) is 3.77. The van der Waals surface area contributed by atoms with Crippen LogP contribution in [0.25, 0.3) is 11.3 Å². The van der Waals surface area contributed by atoms with E-state index in [0.717, 1.165) is 0 Å². The SMILES string of the molecule is O=S(=O)(Nc1cccc2c1OCO2)c1c[nH]c(-c2ccccc2F)c1. The van der Waals surface area contributed by atoms with Gasteiger partial charge in [-0.3, -0.25) is 4.72 Å². The molecule has 6 nitrogen and oxygen atoms in total. The van der Waals surface area contributed by atoms with E-state index >= 15 is 0 Å². The van der Waals surface area contributed by atoms with Gasteiger partial charge in [-0.1, -0.05) is 18.2 Å². The van der Waals surface area contributed by atoms with Gasteiger partial charge in [0.25, 0.3) is 10.0 Å². The molecule has 4 rings (SSSR count). The molecule has 0 fully saturated rings. The summed E-state index contributed by atoms with van der Waals surface area (Å²) < 4.78 is 52.1. The van der Waals surface area contributed by atoms with Crippen LogP contribution in [0.4, 0.5) is 10.1 Å². The molecule has 0 spiro atoms. The molecule has 0 saturated heterocycles. The van der Waals surface area contributed by atoms with Crippen molar-refractivity contribution in [2.24, 2.45) is 0 Å². The number of para-hydroxylation sites is 1. The lowest BCUT2D eigenvalue weighted by Gasteiger charge is -2.08. The average Bonchev–Trinajstić information content (AvgIpc) is 3.25. The van der Waals surface area contributed by atoms with Crippen LogP contribution in [0.3, 0.4) is 0 Å². The van der Waals surface area contributed by atoms with E-state index in [-0.39, 0.29) is 17.4 Å². The molecule has 25 heavy (non-hydrogen) atoms. The first-order chi connectivity index (χ1) is 12.0. The maximum absolute atomic E-state index is 13.9. The molecule has 0 unspecified atom stereocenters. The number of hydrogen-bond acceptors (Lipinski definition) is 4. The van der Waals surface area contributed by atoms with E-state index < -0.39 is 15.8 Å². The number of anilines is 1. The van der Waals surface area contributed by atoms with Crippen molar-refractivity contribution in [1.82, 2.24) is 4.98 Å². The Labute approximate surface area is 143 Å². The Hall–Kier alpha value is -3.00. The van der Waals surface area contributed by atoms with Crippen LogP contribution >= 0.6 is 0 Å². The van der Waals surface area contributed by atoms with Gasteiger partial charge in [0.1, 0.15) is 10.7 Å². The van der Waals surface area contributed by atoms with Crippen molar-refractivity contribution in [3.8, 4) is 22.8 Å². The minimum Gasteiger partial charge on any atom is -0.454 e. The second kappa shape index (κ2) is 5.82. The molecule has 2 N–H and O–H groups in total. The van der Waals surface area contributed by atoms with Gasteiger partial charge in [-0.05, 0) is 30.3 Å². The number of ether oxygens (including phenoxy) is 2. The molecule has 0 amide bonds. The first kappa shape index (κ1) is 15.5. The fourth-order valence-corrected chi connectivity index (χ4v) is 3.63. The molecular formula is C17H13FN2O4S. The molecule has 0 bridgehead atoms. The summed E-state index contributed by atoms with van der Waals surface area (Å²) in [5.74, 6) is 0.380. The summed E-state index contributed by atoms with van der Waals surface area (Å²) in [5, 5.41) is 0. The maximum atomic E-state index is 13.9. The summed E-state index contributed by atoms with van der Waals surface area (Å²) in [7, 11) is -3.87. The molecule has 1 aliphatic heterocycles. The molecule has 0 atom stereocenters. The molecule has 0 saturated carbocycles. The Bertz CT molecular complexity index is 1050. The third kappa shape index (κ3) is 2.80. The van der Waals surface area contributed by atoms with Crippen molar-refractivity contribution in [3.05, 3.63) is 60.5 Å². The van der Waals surface area contributed by atoms with Gasteiger partial charge in [-0.15, -0.1) is 0 Å². The van der Waals surface area contributed by atoms with Gasteiger partial charge < -0.3 is 14.5 Å². The molecule has 3 aromatic rings. The molecule has 0 aliphatic carbocycles. The average molecular weight is 360 g/mol. The second-order valence-corrected chi connectivity index (χ2v) is 7.06. The smallest absolute Gasteiger partial charge is 0.263 e. The molecule has 128 valence electrons. The number of hydrogen-bond donors (Lipinski definition) is 2. The van der Waals surface area contributed by atoms with Crippen LogP contribution in [-0.2, 0) is 10.0 Å². The molecule has 2 heterocycles. The summed E-state index contributed by atoms with van der Waals surface area (Å²) in [6.45, 7) is 0.0374. The first-order valence-electron chi connectivity index (χ1n) is 7.39. The minimum absolute atomic E-state index is 0.0118. The van der Waals surface area contributed by atoms with Crippen LogP contribution in [0.15, 0.2) is 59.6 Å². The fraction of sp³-hybridized carbons (Fsp3) is 0.0588. The second-order valence-electron chi connectivity index (χ2n) is 5.37. The molecular weight excluding hydrogens is 347 g/mol. The van der Waals surface area contributed by atoms with Crippen molar-refractivity contribution in [2.75, 3.05) is 11.5 Å². The van der Waals surface area contributed by atoms with Gasteiger partial charge in [0, 0.05) is 17.5 Å². The number of rotatable bonds is 4. The predicted octanol–water partition coefficient (Wildman–Crippen LogP) is 3.35. The van der Waals surface area contributed by atoms with Crippen molar-refractivity contribution in [3.63, 3.8) is 0 Å². The van der Waals surface area contributed by atoms with Crippen molar-refractivity contribution in [1.29, 1.82) is 0 Å². The van der Waals surface area contributed by atoms with Gasteiger partial charge in [-0.2, -0.15) is 0 Å². The summed E-state index contributed by atoms with van der Waals surface area (Å²) in [6, 6.07) is 12.4. The Morgan fingerprint density at radius 2 is 1.92 bits per heavy atom. The number of fused-ring (bicyclic) bond motifs is 1. The van der Waals surface area contributed by atoms with E-state index in [1.165, 1.54) is 18.3 Å². The minimum atomic E-state index is -3.87. The number of nitrogens with one attached hydrogen (secondary N) is 2. The third-order valence-corrected chi connectivity index (χ3v) is 5.12. The van der Waals surface area contributed by atoms with Crippen LogP contribution < -0.4 is 14.2 Å². The Morgan fingerprint density at radius 3 is 2.76 bits per heavy atom. The Balaban J connectivity index is 1.66. The number of halogens is 1. The molecule has 8 heteroatoms. The highest BCUT2D eigenvalue weighted by atomic mass is 32.2. The lowest BCUT2D eigenvalue weighted by molar-refractivity contribution is 0.174. The van der Waals surface area contributed by atoms with Gasteiger partial charge >= 0.3 is 0 Å². The lowest BCUT2D eigenvalue weighted by Crippen LogP contribution is -2.12. The highest BCUT2D eigenvalue weighted by Crippen LogP contribution is 2.39. The number of sulfonamides is 1. The highest BCUT2D eigenvalue weighted by Gasteiger charge is 2.23. The van der Waals surface area contributed by atoms with Gasteiger partial charge in [-0.25, -0.2) is 12.8 Å². The van der Waals surface area contributed by atoms with Crippen molar-refractivity contribution in [2.45, 2.75) is 4.90 Å². The summed E-state index contributed by atoms with van der Waals surface area (Å²) in [4.78, 5) is 2.78. The largest absolute Gasteiger partial charge is 0.454 e. The highest BCUT2D eigenvalue weighted by molar-refractivity contribution is 7.92. The van der Waals surface area contributed by atoms with Crippen LogP contribution in [0.1, 0.15) is 0 Å². The zero-order chi connectivity index (χ0) is 17.4. The summed E-state index contributed by atoms with van der Waals surface area (Å²) in [6.07, 6.45) is 1.31. The molecule has 0 radical (unpaired) electrons. The van der Waals surface area contributed by atoms with Crippen molar-refractivity contribution < 1.29 is 22.3 Å². The van der Waals surface area contributed by atoms with Gasteiger partial charge in [0.05, 0.1) is 5.69 Å². The van der Waals surface area contributed by atoms with Crippen LogP contribution in [0.5, 0.6) is 11.5 Å². The van der Waals surface area contributed by atoms with E-state index in [1.54, 1.807) is 36.4 Å². The summed E-state index contributed by atoms with van der Waals surface area (Å²) in [5.41, 5.74) is 0.946. The van der Waals surface area contributed by atoms with E-state index in [1.807, 2.05) is 0 Å². The lowest BCUT2D eigenvalue weighted by atomic mass is 10.1. The zero-order valence-corrected chi connectivity index (χ0v) is 13.6. The van der Waals surface area contributed by atoms with Crippen molar-refractivity contribution >= 4 is 15.7 Å². The zero-order valence-electron chi connectivity index (χ0n) is 12.8. The normalized spacial score (nSPS) is 13.0. The maximum Gasteiger partial charge on any atom is 0.263 e. The van der Waals surface area contributed by atoms with E-state index in [9.17, 15) is 12.8 Å². The molecule has 2 aromatic carbocycles. The van der Waals surface area contributed by atoms with Crippen LogP contribution in [0, 0.1) is 5.82 Å². The van der Waals surface area contributed by atoms with E-state index in [0.29, 0.717) is 22.8 Å². The number of H-pyrrole nitrogens is 1.